The average Bonchev–Trinajstić information content (AvgIpc) is 3.25. The Morgan fingerprint density at radius 3 is 2.67 bits per heavy atom. The summed E-state index contributed by atoms with van der Waals surface area (Å²) in [6.07, 6.45) is 1.70. The lowest BCUT2D eigenvalue weighted by Gasteiger charge is -2.20. The fourth-order valence-electron chi connectivity index (χ4n) is 3.40. The Labute approximate surface area is 177 Å². The van der Waals surface area contributed by atoms with Gasteiger partial charge in [0.05, 0.1) is 22.0 Å². The Morgan fingerprint density at radius 1 is 1.20 bits per heavy atom. The molecule has 9 heteroatoms. The molecule has 3 heterocycles. The van der Waals surface area contributed by atoms with E-state index in [9.17, 15) is 9.59 Å². The van der Waals surface area contributed by atoms with Crippen molar-refractivity contribution in [3.05, 3.63) is 46.1 Å². The molecule has 0 saturated carbocycles. The molecule has 0 fully saturated rings. The van der Waals surface area contributed by atoms with Crippen LogP contribution >= 0.6 is 11.3 Å². The fourth-order valence-corrected chi connectivity index (χ4v) is 4.36. The third-order valence-corrected chi connectivity index (χ3v) is 5.88. The van der Waals surface area contributed by atoms with Gasteiger partial charge in [-0.1, -0.05) is 23.5 Å². The van der Waals surface area contributed by atoms with Gasteiger partial charge in [0.1, 0.15) is 11.2 Å². The Hall–Kier alpha value is -3.07. The molecule has 156 valence electrons. The number of para-hydroxylation sites is 1. The molecule has 4 rings (SSSR count). The molecule has 30 heavy (non-hydrogen) atoms. The van der Waals surface area contributed by atoms with E-state index in [-0.39, 0.29) is 30.0 Å². The van der Waals surface area contributed by atoms with Crippen LogP contribution in [0.15, 0.2) is 29.2 Å². The highest BCUT2D eigenvalue weighted by Gasteiger charge is 2.21. The van der Waals surface area contributed by atoms with Crippen LogP contribution in [-0.2, 0) is 16.9 Å². The fraction of sp³-hybridized carbons (Fsp3) is 0.381. The Bertz CT molecular complexity index is 1330. The largest absolute Gasteiger partial charge is 0.302 e. The summed E-state index contributed by atoms with van der Waals surface area (Å²) in [6, 6.07) is 5.95. The molecule has 1 N–H and O–H groups in total. The number of amides is 1. The molecule has 1 aromatic carbocycles. The van der Waals surface area contributed by atoms with Crippen LogP contribution in [0.25, 0.3) is 21.3 Å². The van der Waals surface area contributed by atoms with Gasteiger partial charge in [-0.15, -0.1) is 0 Å². The second kappa shape index (κ2) is 7.32. The third kappa shape index (κ3) is 3.60. The number of nitrogens with one attached hydrogen (secondary N) is 1. The maximum absolute atomic E-state index is 12.9. The van der Waals surface area contributed by atoms with Gasteiger partial charge in [0, 0.05) is 13.0 Å². The quantitative estimate of drug-likeness (QED) is 0.540. The van der Waals surface area contributed by atoms with Gasteiger partial charge < -0.3 is 5.32 Å². The van der Waals surface area contributed by atoms with Gasteiger partial charge in [-0.3, -0.25) is 14.2 Å². The van der Waals surface area contributed by atoms with E-state index < -0.39 is 0 Å². The van der Waals surface area contributed by atoms with Gasteiger partial charge in [0.25, 0.3) is 5.56 Å². The second-order valence-electron chi connectivity index (χ2n) is 8.32. The molecule has 1 amide bonds. The SMILES string of the molecule is Cc1cccc2sc(NC(=O)CCn3c(C)nc4c(cnn4C(C)(C)C)c3=O)nc12. The van der Waals surface area contributed by atoms with E-state index in [0.717, 1.165) is 15.8 Å². The smallest absolute Gasteiger partial charge is 0.264 e. The number of hydrogen-bond donors (Lipinski definition) is 1. The number of thiazole rings is 1. The van der Waals surface area contributed by atoms with Crippen molar-refractivity contribution in [2.45, 2.75) is 53.1 Å². The number of carbonyl (C=O) groups excluding carboxylic acids is 1. The topological polar surface area (TPSA) is 94.7 Å². The number of aromatic nitrogens is 5. The molecular weight excluding hydrogens is 400 g/mol. The van der Waals surface area contributed by atoms with Crippen LogP contribution < -0.4 is 10.9 Å². The zero-order valence-electron chi connectivity index (χ0n) is 17.7. The van der Waals surface area contributed by atoms with Crippen molar-refractivity contribution >= 4 is 43.6 Å². The summed E-state index contributed by atoms with van der Waals surface area (Å²) in [5, 5.41) is 8.21. The third-order valence-electron chi connectivity index (χ3n) is 4.94. The molecule has 0 aliphatic carbocycles. The molecule has 0 radical (unpaired) electrons. The van der Waals surface area contributed by atoms with Gasteiger partial charge in [0.15, 0.2) is 10.8 Å². The van der Waals surface area contributed by atoms with Gasteiger partial charge >= 0.3 is 0 Å². The average molecular weight is 425 g/mol. The van der Waals surface area contributed by atoms with E-state index in [2.05, 4.69) is 20.4 Å². The van der Waals surface area contributed by atoms with Gasteiger partial charge in [0.2, 0.25) is 5.91 Å². The minimum Gasteiger partial charge on any atom is -0.302 e. The summed E-state index contributed by atoms with van der Waals surface area (Å²) in [4.78, 5) is 34.5. The first-order valence-electron chi connectivity index (χ1n) is 9.77. The van der Waals surface area contributed by atoms with Crippen molar-refractivity contribution < 1.29 is 4.79 Å². The van der Waals surface area contributed by atoms with Crippen LogP contribution in [0.3, 0.4) is 0 Å². The first-order valence-corrected chi connectivity index (χ1v) is 10.6. The number of rotatable bonds is 4. The van der Waals surface area contributed by atoms with Gasteiger partial charge in [-0.05, 0) is 46.2 Å². The number of aryl methyl sites for hydroxylation is 2. The minimum absolute atomic E-state index is 0.149. The number of nitrogens with zero attached hydrogens (tertiary/aromatic N) is 5. The summed E-state index contributed by atoms with van der Waals surface area (Å²) >= 11 is 1.44. The molecule has 0 bridgehead atoms. The predicted molar refractivity (Wildman–Crippen MR) is 119 cm³/mol. The lowest BCUT2D eigenvalue weighted by molar-refractivity contribution is -0.116. The number of benzene rings is 1. The highest BCUT2D eigenvalue weighted by Crippen LogP contribution is 2.28. The first-order chi connectivity index (χ1) is 14.1. The molecule has 4 aromatic rings. The van der Waals surface area contributed by atoms with E-state index in [1.807, 2.05) is 45.9 Å². The van der Waals surface area contributed by atoms with Crippen LogP contribution in [0.4, 0.5) is 5.13 Å². The van der Waals surface area contributed by atoms with Crippen molar-refractivity contribution in [1.29, 1.82) is 0 Å². The van der Waals surface area contributed by atoms with Crippen molar-refractivity contribution in [3.8, 4) is 0 Å². The molecule has 0 aliphatic rings. The van der Waals surface area contributed by atoms with E-state index in [0.29, 0.717) is 22.0 Å². The zero-order valence-corrected chi connectivity index (χ0v) is 18.5. The van der Waals surface area contributed by atoms with Crippen molar-refractivity contribution in [2.24, 2.45) is 0 Å². The maximum atomic E-state index is 12.9. The van der Waals surface area contributed by atoms with Crippen molar-refractivity contribution in [3.63, 3.8) is 0 Å². The zero-order chi connectivity index (χ0) is 21.6. The number of anilines is 1. The summed E-state index contributed by atoms with van der Waals surface area (Å²) in [7, 11) is 0. The molecule has 0 atom stereocenters. The van der Waals surface area contributed by atoms with E-state index in [1.165, 1.54) is 15.9 Å². The summed E-state index contributed by atoms with van der Waals surface area (Å²) in [5.74, 6) is 0.366. The molecule has 3 aromatic heterocycles. The molecule has 0 saturated heterocycles. The molecule has 0 unspecified atom stereocenters. The monoisotopic (exact) mass is 424 g/mol. The Morgan fingerprint density at radius 2 is 1.97 bits per heavy atom. The van der Waals surface area contributed by atoms with Crippen LogP contribution in [0.1, 0.15) is 38.6 Å². The van der Waals surface area contributed by atoms with Crippen molar-refractivity contribution in [2.75, 3.05) is 5.32 Å². The number of carbonyl (C=O) groups is 1. The maximum Gasteiger partial charge on any atom is 0.264 e. The highest BCUT2D eigenvalue weighted by molar-refractivity contribution is 7.22. The van der Waals surface area contributed by atoms with E-state index in [1.54, 1.807) is 17.8 Å². The van der Waals surface area contributed by atoms with E-state index >= 15 is 0 Å². The molecule has 0 spiro atoms. The number of hydrogen-bond acceptors (Lipinski definition) is 6. The summed E-state index contributed by atoms with van der Waals surface area (Å²) in [5.41, 5.74) is 2.07. The standard InChI is InChI=1S/C21H24N6O2S/c1-12-7-6-8-15-17(12)25-20(30-15)24-16(28)9-10-26-13(2)23-18-14(19(26)29)11-22-27(18)21(3,4)5/h6-8,11H,9-10H2,1-5H3,(H,24,25,28). The predicted octanol–water partition coefficient (Wildman–Crippen LogP) is 3.60. The number of fused-ring (bicyclic) bond motifs is 2. The van der Waals surface area contributed by atoms with Crippen LogP contribution in [0, 0.1) is 13.8 Å². The van der Waals surface area contributed by atoms with Crippen LogP contribution in [0.5, 0.6) is 0 Å². The Balaban J connectivity index is 1.53. The molecule has 0 aliphatic heterocycles. The summed E-state index contributed by atoms with van der Waals surface area (Å²) in [6.45, 7) is 10.0. The molecule has 8 nitrogen and oxygen atoms in total. The Kier molecular flexibility index (Phi) is 4.93. The lowest BCUT2D eigenvalue weighted by atomic mass is 10.1. The second-order valence-corrected chi connectivity index (χ2v) is 9.35. The normalized spacial score (nSPS) is 12.0. The van der Waals surface area contributed by atoms with Gasteiger partial charge in [-0.2, -0.15) is 5.10 Å². The van der Waals surface area contributed by atoms with E-state index in [4.69, 9.17) is 0 Å². The minimum atomic E-state index is -0.282. The van der Waals surface area contributed by atoms with Crippen molar-refractivity contribution in [1.82, 2.24) is 24.3 Å². The molecular formula is C21H24N6O2S. The van der Waals surface area contributed by atoms with Gasteiger partial charge in [-0.25, -0.2) is 14.6 Å². The van der Waals surface area contributed by atoms with Crippen LogP contribution in [-0.4, -0.2) is 30.2 Å². The first kappa shape index (κ1) is 20.2. The summed E-state index contributed by atoms with van der Waals surface area (Å²) < 4.78 is 4.31. The lowest BCUT2D eigenvalue weighted by Crippen LogP contribution is -2.28. The van der Waals surface area contributed by atoms with Crippen LogP contribution in [0.2, 0.25) is 0 Å². The highest BCUT2D eigenvalue weighted by atomic mass is 32.1.